The molecule has 2 amide bonds. The first-order chi connectivity index (χ1) is 16.5. The van der Waals surface area contributed by atoms with Crippen molar-refractivity contribution in [1.29, 1.82) is 0 Å². The molecule has 1 aliphatic heterocycles. The van der Waals surface area contributed by atoms with Gasteiger partial charge in [0.25, 0.3) is 0 Å². The van der Waals surface area contributed by atoms with Gasteiger partial charge in [-0.25, -0.2) is 0 Å². The van der Waals surface area contributed by atoms with Crippen LogP contribution in [0.4, 0.5) is 11.4 Å². The Bertz CT molecular complexity index is 1180. The van der Waals surface area contributed by atoms with Gasteiger partial charge in [0, 0.05) is 22.6 Å². The molecule has 7 nitrogen and oxygen atoms in total. The number of carbonyl (C=O) groups is 2. The van der Waals surface area contributed by atoms with Gasteiger partial charge in [0.05, 0.1) is 32.7 Å². The minimum absolute atomic E-state index is 0.0747. The summed E-state index contributed by atoms with van der Waals surface area (Å²) >= 11 is 1.62. The first-order valence-electron chi connectivity index (χ1n) is 10.7. The number of hydrogen-bond acceptors (Lipinski definition) is 6. The monoisotopic (exact) mass is 478 g/mol. The van der Waals surface area contributed by atoms with Crippen molar-refractivity contribution < 1.29 is 23.8 Å². The summed E-state index contributed by atoms with van der Waals surface area (Å²) in [5.41, 5.74) is 2.27. The summed E-state index contributed by atoms with van der Waals surface area (Å²) in [6.07, 6.45) is 0.269. The first kappa shape index (κ1) is 23.5. The van der Waals surface area contributed by atoms with Crippen molar-refractivity contribution >= 4 is 35.0 Å². The Morgan fingerprint density at radius 2 is 1.68 bits per heavy atom. The van der Waals surface area contributed by atoms with Crippen molar-refractivity contribution in [1.82, 2.24) is 0 Å². The van der Waals surface area contributed by atoms with Crippen molar-refractivity contribution in [3.63, 3.8) is 0 Å². The summed E-state index contributed by atoms with van der Waals surface area (Å²) in [6.45, 7) is -0.110. The van der Waals surface area contributed by atoms with E-state index in [1.807, 2.05) is 48.5 Å². The Balaban J connectivity index is 1.56. The predicted octanol–water partition coefficient (Wildman–Crippen LogP) is 4.92. The van der Waals surface area contributed by atoms with E-state index in [0.29, 0.717) is 17.2 Å². The molecule has 1 aliphatic rings. The molecular weight excluding hydrogens is 452 g/mol. The van der Waals surface area contributed by atoms with Crippen LogP contribution in [0.15, 0.2) is 71.6 Å². The van der Waals surface area contributed by atoms with Gasteiger partial charge in [-0.15, -0.1) is 11.8 Å². The van der Waals surface area contributed by atoms with Crippen LogP contribution in [-0.4, -0.2) is 39.7 Å². The van der Waals surface area contributed by atoms with E-state index in [0.717, 1.165) is 21.9 Å². The van der Waals surface area contributed by atoms with Crippen molar-refractivity contribution in [3.8, 4) is 17.2 Å². The average molecular weight is 479 g/mol. The van der Waals surface area contributed by atoms with Crippen LogP contribution in [0.1, 0.15) is 17.2 Å². The van der Waals surface area contributed by atoms with Gasteiger partial charge in [0.2, 0.25) is 11.8 Å². The largest absolute Gasteiger partial charge is 0.497 e. The third-order valence-corrected chi connectivity index (χ3v) is 6.88. The maximum absolute atomic E-state index is 13.3. The van der Waals surface area contributed by atoms with Crippen LogP contribution in [0.5, 0.6) is 17.2 Å². The molecule has 0 bridgehead atoms. The minimum Gasteiger partial charge on any atom is -0.497 e. The lowest BCUT2D eigenvalue weighted by atomic mass is 10.1. The number of para-hydroxylation sites is 1. The number of anilines is 2. The second-order valence-electron chi connectivity index (χ2n) is 7.65. The van der Waals surface area contributed by atoms with Crippen LogP contribution in [0.25, 0.3) is 0 Å². The third-order valence-electron chi connectivity index (χ3n) is 5.56. The van der Waals surface area contributed by atoms with Gasteiger partial charge < -0.3 is 24.4 Å². The van der Waals surface area contributed by atoms with Crippen molar-refractivity contribution in [2.75, 3.05) is 38.1 Å². The maximum atomic E-state index is 13.3. The summed E-state index contributed by atoms with van der Waals surface area (Å²) < 4.78 is 15.8. The number of fused-ring (bicyclic) bond motifs is 1. The van der Waals surface area contributed by atoms with E-state index in [1.54, 1.807) is 49.1 Å². The Morgan fingerprint density at radius 3 is 2.38 bits per heavy atom. The number of nitrogens with zero attached hydrogens (tertiary/aromatic N) is 1. The van der Waals surface area contributed by atoms with Crippen LogP contribution < -0.4 is 24.4 Å². The number of nitrogens with one attached hydrogen (secondary N) is 1. The van der Waals surface area contributed by atoms with Crippen molar-refractivity contribution in [2.24, 2.45) is 0 Å². The summed E-state index contributed by atoms with van der Waals surface area (Å²) in [6, 6.07) is 20.5. The average Bonchev–Trinajstić information content (AvgIpc) is 3.00. The highest BCUT2D eigenvalue weighted by Crippen LogP contribution is 2.45. The fourth-order valence-electron chi connectivity index (χ4n) is 3.79. The predicted molar refractivity (Wildman–Crippen MR) is 133 cm³/mol. The summed E-state index contributed by atoms with van der Waals surface area (Å²) in [5.74, 6) is 1.43. The lowest BCUT2D eigenvalue weighted by Crippen LogP contribution is -2.38. The van der Waals surface area contributed by atoms with Crippen molar-refractivity contribution in [3.05, 3.63) is 72.3 Å². The zero-order valence-electron chi connectivity index (χ0n) is 19.2. The minimum atomic E-state index is -0.320. The normalized spacial score (nSPS) is 15.2. The van der Waals surface area contributed by atoms with Gasteiger partial charge in [-0.1, -0.05) is 24.3 Å². The van der Waals surface area contributed by atoms with Crippen LogP contribution in [0.3, 0.4) is 0 Å². The highest BCUT2D eigenvalue weighted by Gasteiger charge is 2.30. The molecule has 0 radical (unpaired) electrons. The van der Waals surface area contributed by atoms with Gasteiger partial charge in [-0.2, -0.15) is 0 Å². The zero-order chi connectivity index (χ0) is 24.1. The molecule has 0 saturated carbocycles. The Morgan fingerprint density at radius 1 is 0.971 bits per heavy atom. The highest BCUT2D eigenvalue weighted by molar-refractivity contribution is 7.99. The van der Waals surface area contributed by atoms with Gasteiger partial charge in [0.15, 0.2) is 0 Å². The standard InChI is InChI=1S/C26H26N2O5S/c1-31-18-10-8-17(9-11-18)24-15-26(30)28(21-6-4-5-7-23(21)34-24)16-25(29)27-20-13-12-19(32-2)14-22(20)33-3/h4-14,24H,15-16H2,1-3H3,(H,27,29)/t24-/m1/s1. The summed E-state index contributed by atoms with van der Waals surface area (Å²) in [5, 5.41) is 2.78. The number of methoxy groups -OCH3 is 3. The maximum Gasteiger partial charge on any atom is 0.244 e. The zero-order valence-corrected chi connectivity index (χ0v) is 20.1. The molecule has 3 aromatic rings. The number of thioether (sulfide) groups is 1. The van der Waals surface area contributed by atoms with E-state index in [4.69, 9.17) is 14.2 Å². The van der Waals surface area contributed by atoms with Gasteiger partial charge in [0.1, 0.15) is 23.8 Å². The lowest BCUT2D eigenvalue weighted by Gasteiger charge is -2.22. The number of amides is 2. The molecule has 3 aromatic carbocycles. The van der Waals surface area contributed by atoms with Gasteiger partial charge >= 0.3 is 0 Å². The molecule has 34 heavy (non-hydrogen) atoms. The summed E-state index contributed by atoms with van der Waals surface area (Å²) in [7, 11) is 4.71. The van der Waals surface area contributed by atoms with E-state index in [9.17, 15) is 9.59 Å². The molecule has 4 rings (SSSR count). The molecule has 0 spiro atoms. The summed E-state index contributed by atoms with van der Waals surface area (Å²) in [4.78, 5) is 28.8. The topological polar surface area (TPSA) is 77.1 Å². The lowest BCUT2D eigenvalue weighted by molar-refractivity contribution is -0.121. The molecule has 1 heterocycles. The molecule has 0 aromatic heterocycles. The fraction of sp³-hybridized carbons (Fsp3) is 0.231. The van der Waals surface area contributed by atoms with Gasteiger partial charge in [-0.05, 0) is 42.0 Å². The smallest absolute Gasteiger partial charge is 0.244 e. The number of ether oxygens (including phenoxy) is 3. The van der Waals surface area contributed by atoms with Crippen LogP contribution in [0.2, 0.25) is 0 Å². The number of benzene rings is 3. The molecule has 1 atom stereocenters. The quantitative estimate of drug-likeness (QED) is 0.519. The molecule has 176 valence electrons. The second kappa shape index (κ2) is 10.5. The number of carbonyl (C=O) groups excluding carboxylic acids is 2. The first-order valence-corrected chi connectivity index (χ1v) is 11.6. The van der Waals surface area contributed by atoms with E-state index in [2.05, 4.69) is 5.32 Å². The van der Waals surface area contributed by atoms with Crippen LogP contribution >= 0.6 is 11.8 Å². The van der Waals surface area contributed by atoms with Crippen LogP contribution in [-0.2, 0) is 9.59 Å². The molecule has 0 fully saturated rings. The molecule has 1 N–H and O–H groups in total. The molecule has 8 heteroatoms. The van der Waals surface area contributed by atoms with E-state index in [-0.39, 0.29) is 30.0 Å². The Labute approximate surface area is 203 Å². The van der Waals surface area contributed by atoms with E-state index >= 15 is 0 Å². The van der Waals surface area contributed by atoms with Crippen molar-refractivity contribution in [2.45, 2.75) is 16.6 Å². The number of rotatable bonds is 7. The van der Waals surface area contributed by atoms with E-state index < -0.39 is 0 Å². The number of hydrogen-bond donors (Lipinski definition) is 1. The molecule has 0 aliphatic carbocycles. The van der Waals surface area contributed by atoms with E-state index in [1.165, 1.54) is 7.11 Å². The highest BCUT2D eigenvalue weighted by atomic mass is 32.2. The molecular formula is C26H26N2O5S. The molecule has 0 saturated heterocycles. The molecule has 0 unspecified atom stereocenters. The fourth-order valence-corrected chi connectivity index (χ4v) is 5.07. The Hall–Kier alpha value is -3.65. The second-order valence-corrected chi connectivity index (χ2v) is 8.89. The Kier molecular flexibility index (Phi) is 7.27. The van der Waals surface area contributed by atoms with Gasteiger partial charge in [-0.3, -0.25) is 9.59 Å². The SMILES string of the molecule is COc1ccc([C@H]2CC(=O)N(CC(=O)Nc3ccc(OC)cc3OC)c3ccccc3S2)cc1. The van der Waals surface area contributed by atoms with Crippen LogP contribution in [0, 0.1) is 0 Å². The third kappa shape index (κ3) is 5.12.